The van der Waals surface area contributed by atoms with Crippen LogP contribution >= 0.6 is 23.2 Å². The van der Waals surface area contributed by atoms with Gasteiger partial charge in [-0.1, -0.05) is 47.5 Å². The summed E-state index contributed by atoms with van der Waals surface area (Å²) in [5.74, 6) is 0.110. The Balaban J connectivity index is 1.61. The summed E-state index contributed by atoms with van der Waals surface area (Å²) in [6.45, 7) is 0.334. The predicted octanol–water partition coefficient (Wildman–Crippen LogP) is 4.46. The molecule has 5 nitrogen and oxygen atoms in total. The molecule has 1 amide bonds. The van der Waals surface area contributed by atoms with Gasteiger partial charge in [0.25, 0.3) is 5.91 Å². The Labute approximate surface area is 155 Å². The van der Waals surface area contributed by atoms with Gasteiger partial charge in [-0.25, -0.2) is 9.97 Å². The Morgan fingerprint density at radius 3 is 2.48 bits per heavy atom. The van der Waals surface area contributed by atoms with E-state index in [2.05, 4.69) is 20.6 Å². The normalized spacial score (nSPS) is 10.3. The average molecular weight is 373 g/mol. The maximum Gasteiger partial charge on any atom is 0.254 e. The summed E-state index contributed by atoms with van der Waals surface area (Å²) in [7, 11) is 0. The zero-order valence-corrected chi connectivity index (χ0v) is 14.6. The van der Waals surface area contributed by atoms with Gasteiger partial charge in [0.2, 0.25) is 5.95 Å². The second kappa shape index (κ2) is 7.96. The Hall–Kier alpha value is -2.63. The number of aromatic nitrogens is 2. The molecule has 0 saturated carbocycles. The van der Waals surface area contributed by atoms with E-state index in [0.717, 1.165) is 11.3 Å². The maximum absolute atomic E-state index is 12.2. The molecule has 0 aliphatic carbocycles. The van der Waals surface area contributed by atoms with Gasteiger partial charge in [0, 0.05) is 34.7 Å². The van der Waals surface area contributed by atoms with Gasteiger partial charge >= 0.3 is 0 Å². The molecule has 0 spiro atoms. The van der Waals surface area contributed by atoms with E-state index >= 15 is 0 Å². The summed E-state index contributed by atoms with van der Waals surface area (Å²) >= 11 is 12.0. The molecule has 2 aromatic carbocycles. The molecule has 0 unspecified atom stereocenters. The van der Waals surface area contributed by atoms with E-state index in [0.29, 0.717) is 28.1 Å². The lowest BCUT2D eigenvalue weighted by atomic mass is 10.2. The average Bonchev–Trinajstić information content (AvgIpc) is 2.61. The molecule has 0 bridgehead atoms. The predicted molar refractivity (Wildman–Crippen MR) is 99.4 cm³/mol. The van der Waals surface area contributed by atoms with Gasteiger partial charge in [-0.05, 0) is 29.8 Å². The Kier molecular flexibility index (Phi) is 5.48. The van der Waals surface area contributed by atoms with Crippen LogP contribution in [-0.2, 0) is 6.54 Å². The fourth-order valence-electron chi connectivity index (χ4n) is 2.12. The lowest BCUT2D eigenvalue weighted by molar-refractivity contribution is 0.0950. The monoisotopic (exact) mass is 372 g/mol. The van der Waals surface area contributed by atoms with Crippen LogP contribution in [0.2, 0.25) is 10.0 Å². The highest BCUT2D eigenvalue weighted by molar-refractivity contribution is 6.31. The summed E-state index contributed by atoms with van der Waals surface area (Å²) in [6, 6.07) is 14.6. The van der Waals surface area contributed by atoms with E-state index in [9.17, 15) is 4.79 Å². The van der Waals surface area contributed by atoms with Crippen molar-refractivity contribution in [1.29, 1.82) is 0 Å². The minimum atomic E-state index is -0.269. The first kappa shape index (κ1) is 17.2. The van der Waals surface area contributed by atoms with Gasteiger partial charge in [-0.15, -0.1) is 0 Å². The van der Waals surface area contributed by atoms with Crippen LogP contribution in [0.4, 0.5) is 11.6 Å². The molecule has 0 fully saturated rings. The van der Waals surface area contributed by atoms with Gasteiger partial charge in [-0.3, -0.25) is 4.79 Å². The highest BCUT2D eigenvalue weighted by Crippen LogP contribution is 2.18. The molecule has 2 N–H and O–H groups in total. The van der Waals surface area contributed by atoms with Crippen molar-refractivity contribution in [1.82, 2.24) is 15.3 Å². The highest BCUT2D eigenvalue weighted by atomic mass is 35.5. The van der Waals surface area contributed by atoms with E-state index in [1.54, 1.807) is 18.2 Å². The van der Waals surface area contributed by atoms with Crippen LogP contribution in [0, 0.1) is 0 Å². The second-order valence-electron chi connectivity index (χ2n) is 5.20. The van der Waals surface area contributed by atoms with Crippen LogP contribution in [0.5, 0.6) is 0 Å². The van der Waals surface area contributed by atoms with Crippen LogP contribution in [0.3, 0.4) is 0 Å². The lowest BCUT2D eigenvalue weighted by Crippen LogP contribution is -2.23. The van der Waals surface area contributed by atoms with Gasteiger partial charge < -0.3 is 10.6 Å². The molecular formula is C18H14Cl2N4O. The van der Waals surface area contributed by atoms with Gasteiger partial charge in [-0.2, -0.15) is 0 Å². The van der Waals surface area contributed by atoms with Crippen LogP contribution in [0.15, 0.2) is 60.9 Å². The summed E-state index contributed by atoms with van der Waals surface area (Å²) in [6.07, 6.45) is 2.92. The molecule has 0 aliphatic heterocycles. The van der Waals surface area contributed by atoms with Gasteiger partial charge in [0.1, 0.15) is 0 Å². The number of hydrogen-bond donors (Lipinski definition) is 2. The van der Waals surface area contributed by atoms with E-state index < -0.39 is 0 Å². The van der Waals surface area contributed by atoms with Crippen molar-refractivity contribution in [2.24, 2.45) is 0 Å². The van der Waals surface area contributed by atoms with Crippen LogP contribution in [0.25, 0.3) is 0 Å². The van der Waals surface area contributed by atoms with E-state index in [4.69, 9.17) is 23.2 Å². The zero-order chi connectivity index (χ0) is 17.6. The zero-order valence-electron chi connectivity index (χ0n) is 13.0. The third kappa shape index (κ3) is 4.68. The smallest absolute Gasteiger partial charge is 0.254 e. The Bertz CT molecular complexity index is 884. The fourth-order valence-corrected chi connectivity index (χ4v) is 2.52. The van der Waals surface area contributed by atoms with Crippen molar-refractivity contribution in [2.75, 3.05) is 5.32 Å². The summed E-state index contributed by atoms with van der Waals surface area (Å²) in [5.41, 5.74) is 1.98. The minimum absolute atomic E-state index is 0.269. The number of amides is 1. The molecule has 3 aromatic rings. The molecule has 25 heavy (non-hydrogen) atoms. The molecule has 7 heteroatoms. The molecule has 0 aliphatic rings. The fraction of sp³-hybridized carbons (Fsp3) is 0.0556. The van der Waals surface area contributed by atoms with E-state index in [1.807, 2.05) is 30.3 Å². The SMILES string of the molecule is O=C(NCc1ccccc1Cl)c1cnc(Nc2cccc(Cl)c2)nc1. The number of nitrogens with zero attached hydrogens (tertiary/aromatic N) is 2. The first-order chi connectivity index (χ1) is 12.1. The van der Waals surface area contributed by atoms with E-state index in [1.165, 1.54) is 12.4 Å². The molecule has 0 radical (unpaired) electrons. The maximum atomic E-state index is 12.2. The lowest BCUT2D eigenvalue weighted by Gasteiger charge is -2.08. The topological polar surface area (TPSA) is 66.9 Å². The number of halogens is 2. The summed E-state index contributed by atoms with van der Waals surface area (Å²) < 4.78 is 0. The molecular weight excluding hydrogens is 359 g/mol. The minimum Gasteiger partial charge on any atom is -0.348 e. The molecule has 1 aromatic heterocycles. The number of benzene rings is 2. The molecule has 0 atom stereocenters. The van der Waals surface area contributed by atoms with Gasteiger partial charge in [0.05, 0.1) is 5.56 Å². The Morgan fingerprint density at radius 2 is 1.76 bits per heavy atom. The highest BCUT2D eigenvalue weighted by Gasteiger charge is 2.08. The number of anilines is 2. The largest absolute Gasteiger partial charge is 0.348 e. The number of carbonyl (C=O) groups is 1. The number of carbonyl (C=O) groups excluding carboxylic acids is 1. The van der Waals surface area contributed by atoms with Crippen molar-refractivity contribution < 1.29 is 4.79 Å². The number of nitrogens with one attached hydrogen (secondary N) is 2. The Morgan fingerprint density at radius 1 is 1.00 bits per heavy atom. The van der Waals surface area contributed by atoms with Crippen molar-refractivity contribution >= 4 is 40.7 Å². The summed E-state index contributed by atoms with van der Waals surface area (Å²) in [5, 5.41) is 7.03. The molecule has 3 rings (SSSR count). The summed E-state index contributed by atoms with van der Waals surface area (Å²) in [4.78, 5) is 20.5. The third-order valence-corrected chi connectivity index (χ3v) is 4.00. The third-order valence-electron chi connectivity index (χ3n) is 3.39. The number of rotatable bonds is 5. The van der Waals surface area contributed by atoms with Crippen molar-refractivity contribution in [2.45, 2.75) is 6.54 Å². The van der Waals surface area contributed by atoms with Crippen LogP contribution in [0.1, 0.15) is 15.9 Å². The van der Waals surface area contributed by atoms with Crippen LogP contribution < -0.4 is 10.6 Å². The van der Waals surface area contributed by atoms with Crippen molar-refractivity contribution in [3.63, 3.8) is 0 Å². The molecule has 1 heterocycles. The van der Waals surface area contributed by atoms with Crippen molar-refractivity contribution in [3.05, 3.63) is 82.1 Å². The standard InChI is InChI=1S/C18H14Cl2N4O/c19-14-5-3-6-15(8-14)24-18-22-10-13(11-23-18)17(25)21-9-12-4-1-2-7-16(12)20/h1-8,10-11H,9H2,(H,21,25)(H,22,23,24). The van der Waals surface area contributed by atoms with E-state index in [-0.39, 0.29) is 5.91 Å². The molecule has 126 valence electrons. The van der Waals surface area contributed by atoms with Crippen LogP contribution in [-0.4, -0.2) is 15.9 Å². The second-order valence-corrected chi connectivity index (χ2v) is 6.05. The van der Waals surface area contributed by atoms with Crippen molar-refractivity contribution in [3.8, 4) is 0 Å². The first-order valence-corrected chi connectivity index (χ1v) is 8.23. The van der Waals surface area contributed by atoms with Gasteiger partial charge in [0.15, 0.2) is 0 Å². The number of hydrogen-bond acceptors (Lipinski definition) is 4. The first-order valence-electron chi connectivity index (χ1n) is 7.48. The molecule has 0 saturated heterocycles. The quantitative estimate of drug-likeness (QED) is 0.693.